The van der Waals surface area contributed by atoms with E-state index < -0.39 is 0 Å². The van der Waals surface area contributed by atoms with Crippen LogP contribution in [-0.4, -0.2) is 18.2 Å². The Bertz CT molecular complexity index is 488. The number of nitrogens with zero attached hydrogens (tertiary/aromatic N) is 1. The quantitative estimate of drug-likeness (QED) is 0.853. The van der Waals surface area contributed by atoms with Crippen LogP contribution in [0.1, 0.15) is 12.0 Å². The summed E-state index contributed by atoms with van der Waals surface area (Å²) in [6, 6.07) is 6.41. The largest absolute Gasteiger partial charge is 0.496 e. The zero-order chi connectivity index (χ0) is 11.5. The lowest BCUT2D eigenvalue weighted by atomic mass is 10.1. The number of aryl methyl sites for hydroxylation is 2. The molecule has 0 aliphatic carbocycles. The van der Waals surface area contributed by atoms with Crippen LogP contribution in [0.2, 0.25) is 0 Å². The molecule has 16 heavy (non-hydrogen) atoms. The zero-order valence-corrected chi connectivity index (χ0v) is 9.86. The molecular weight excluding hydrogens is 200 g/mol. The molecule has 2 N–H and O–H groups in total. The van der Waals surface area contributed by atoms with Gasteiger partial charge in [-0.15, -0.1) is 0 Å². The molecule has 0 aliphatic heterocycles. The maximum Gasteiger partial charge on any atom is 0.128 e. The van der Waals surface area contributed by atoms with E-state index in [1.807, 2.05) is 0 Å². The average Bonchev–Trinajstić information content (AvgIpc) is 2.68. The van der Waals surface area contributed by atoms with Crippen molar-refractivity contribution in [2.45, 2.75) is 12.8 Å². The first-order valence-corrected chi connectivity index (χ1v) is 5.58. The number of aromatic nitrogens is 1. The Hall–Kier alpha value is -1.48. The monoisotopic (exact) mass is 218 g/mol. The summed E-state index contributed by atoms with van der Waals surface area (Å²) in [5.41, 5.74) is 8.04. The molecule has 86 valence electrons. The van der Waals surface area contributed by atoms with Crippen molar-refractivity contribution in [3.05, 3.63) is 30.0 Å². The third-order valence-corrected chi connectivity index (χ3v) is 2.91. The number of methoxy groups -OCH3 is 1. The van der Waals surface area contributed by atoms with Gasteiger partial charge in [0, 0.05) is 18.6 Å². The maximum atomic E-state index is 5.53. The summed E-state index contributed by atoms with van der Waals surface area (Å²) < 4.78 is 7.53. The highest BCUT2D eigenvalue weighted by molar-refractivity contribution is 5.87. The molecule has 0 saturated carbocycles. The molecule has 0 atom stereocenters. The van der Waals surface area contributed by atoms with E-state index in [9.17, 15) is 0 Å². The number of fused-ring (bicyclic) bond motifs is 1. The van der Waals surface area contributed by atoms with Gasteiger partial charge >= 0.3 is 0 Å². The van der Waals surface area contributed by atoms with Crippen LogP contribution in [0.4, 0.5) is 0 Å². The second kappa shape index (κ2) is 4.58. The Morgan fingerprint density at radius 2 is 2.19 bits per heavy atom. The van der Waals surface area contributed by atoms with Crippen molar-refractivity contribution in [1.82, 2.24) is 4.57 Å². The van der Waals surface area contributed by atoms with E-state index in [0.29, 0.717) is 0 Å². The molecule has 3 heteroatoms. The van der Waals surface area contributed by atoms with Crippen molar-refractivity contribution in [2.24, 2.45) is 12.8 Å². The van der Waals surface area contributed by atoms with Gasteiger partial charge in [0.1, 0.15) is 5.75 Å². The van der Waals surface area contributed by atoms with Crippen LogP contribution >= 0.6 is 0 Å². The summed E-state index contributed by atoms with van der Waals surface area (Å²) in [6.07, 6.45) is 4.08. The summed E-state index contributed by atoms with van der Waals surface area (Å²) in [4.78, 5) is 0. The smallest absolute Gasteiger partial charge is 0.128 e. The number of ether oxygens (including phenoxy) is 1. The molecule has 0 aliphatic rings. The Morgan fingerprint density at radius 1 is 1.38 bits per heavy atom. The molecule has 2 rings (SSSR count). The Labute approximate surface area is 95.8 Å². The van der Waals surface area contributed by atoms with Crippen LogP contribution in [0.15, 0.2) is 24.4 Å². The minimum absolute atomic E-state index is 0.730. The second-order valence-electron chi connectivity index (χ2n) is 4.05. The second-order valence-corrected chi connectivity index (χ2v) is 4.05. The first-order chi connectivity index (χ1) is 7.76. The van der Waals surface area contributed by atoms with Crippen molar-refractivity contribution >= 4 is 10.9 Å². The third kappa shape index (κ3) is 1.91. The lowest BCUT2D eigenvalue weighted by molar-refractivity contribution is 0.419. The van der Waals surface area contributed by atoms with Crippen molar-refractivity contribution in [2.75, 3.05) is 13.7 Å². The maximum absolute atomic E-state index is 5.53. The number of hydrogen-bond acceptors (Lipinski definition) is 2. The van der Waals surface area contributed by atoms with E-state index in [1.165, 1.54) is 16.5 Å². The van der Waals surface area contributed by atoms with Crippen molar-refractivity contribution in [1.29, 1.82) is 0 Å². The molecule has 2 aromatic rings. The highest BCUT2D eigenvalue weighted by Gasteiger charge is 2.06. The highest BCUT2D eigenvalue weighted by atomic mass is 16.5. The van der Waals surface area contributed by atoms with Gasteiger partial charge in [0.05, 0.1) is 12.6 Å². The summed E-state index contributed by atoms with van der Waals surface area (Å²) >= 11 is 0. The Balaban J connectivity index is 2.48. The lowest BCUT2D eigenvalue weighted by Crippen LogP contribution is -2.00. The molecule has 1 aromatic heterocycles. The van der Waals surface area contributed by atoms with E-state index >= 15 is 0 Å². The van der Waals surface area contributed by atoms with E-state index in [2.05, 4.69) is 36.0 Å². The van der Waals surface area contributed by atoms with Crippen LogP contribution in [0.25, 0.3) is 10.9 Å². The average molecular weight is 218 g/mol. The molecule has 1 heterocycles. The van der Waals surface area contributed by atoms with Gasteiger partial charge in [-0.3, -0.25) is 0 Å². The van der Waals surface area contributed by atoms with Crippen LogP contribution in [0.5, 0.6) is 5.75 Å². The topological polar surface area (TPSA) is 40.2 Å². The van der Waals surface area contributed by atoms with Gasteiger partial charge in [-0.1, -0.05) is 0 Å². The molecule has 0 fully saturated rings. The van der Waals surface area contributed by atoms with E-state index in [-0.39, 0.29) is 0 Å². The molecule has 0 saturated heterocycles. The number of hydrogen-bond donors (Lipinski definition) is 1. The van der Waals surface area contributed by atoms with Crippen LogP contribution in [-0.2, 0) is 13.5 Å². The molecular formula is C13H18N2O. The zero-order valence-electron chi connectivity index (χ0n) is 9.86. The summed E-state index contributed by atoms with van der Waals surface area (Å²) in [6.45, 7) is 0.730. The van der Waals surface area contributed by atoms with Crippen molar-refractivity contribution < 1.29 is 4.74 Å². The predicted octanol–water partition coefficient (Wildman–Crippen LogP) is 2.08. The number of benzene rings is 1. The summed E-state index contributed by atoms with van der Waals surface area (Å²) in [7, 11) is 3.77. The Kier molecular flexibility index (Phi) is 3.15. The third-order valence-electron chi connectivity index (χ3n) is 2.91. The van der Waals surface area contributed by atoms with Gasteiger partial charge in [0.15, 0.2) is 0 Å². The SMILES string of the molecule is COc1cc(CCCN)cc2c1ccn2C. The normalized spacial score (nSPS) is 10.9. The fraction of sp³-hybridized carbons (Fsp3) is 0.385. The fourth-order valence-electron chi connectivity index (χ4n) is 2.01. The summed E-state index contributed by atoms with van der Waals surface area (Å²) in [5, 5.41) is 1.17. The van der Waals surface area contributed by atoms with Crippen LogP contribution < -0.4 is 10.5 Å². The molecule has 1 aromatic carbocycles. The van der Waals surface area contributed by atoms with Crippen LogP contribution in [0.3, 0.4) is 0 Å². The molecule has 0 spiro atoms. The van der Waals surface area contributed by atoms with E-state index in [0.717, 1.165) is 25.1 Å². The minimum Gasteiger partial charge on any atom is -0.496 e. The highest BCUT2D eigenvalue weighted by Crippen LogP contribution is 2.28. The van der Waals surface area contributed by atoms with Gasteiger partial charge in [-0.05, 0) is 43.1 Å². The number of rotatable bonds is 4. The van der Waals surface area contributed by atoms with Gasteiger partial charge in [-0.25, -0.2) is 0 Å². The first kappa shape index (κ1) is 11.0. The summed E-state index contributed by atoms with van der Waals surface area (Å²) in [5.74, 6) is 0.949. The first-order valence-electron chi connectivity index (χ1n) is 5.58. The van der Waals surface area contributed by atoms with Gasteiger partial charge in [0.2, 0.25) is 0 Å². The molecule has 3 nitrogen and oxygen atoms in total. The molecule has 0 bridgehead atoms. The predicted molar refractivity (Wildman–Crippen MR) is 66.8 cm³/mol. The van der Waals surface area contributed by atoms with E-state index in [1.54, 1.807) is 7.11 Å². The van der Waals surface area contributed by atoms with Crippen molar-refractivity contribution in [3.63, 3.8) is 0 Å². The van der Waals surface area contributed by atoms with Crippen LogP contribution in [0, 0.1) is 0 Å². The molecule has 0 radical (unpaired) electrons. The number of nitrogens with two attached hydrogens (primary N) is 1. The van der Waals surface area contributed by atoms with Gasteiger partial charge in [-0.2, -0.15) is 0 Å². The lowest BCUT2D eigenvalue weighted by Gasteiger charge is -2.07. The standard InChI is InChI=1S/C13H18N2O/c1-15-7-5-11-12(15)8-10(4-3-6-14)9-13(11)16-2/h5,7-9H,3-4,6,14H2,1-2H3. The minimum atomic E-state index is 0.730. The molecule has 0 amide bonds. The fourth-order valence-corrected chi connectivity index (χ4v) is 2.01. The Morgan fingerprint density at radius 3 is 2.88 bits per heavy atom. The van der Waals surface area contributed by atoms with Gasteiger partial charge < -0.3 is 15.0 Å². The molecule has 0 unspecified atom stereocenters. The van der Waals surface area contributed by atoms with Gasteiger partial charge in [0.25, 0.3) is 0 Å². The van der Waals surface area contributed by atoms with Crippen molar-refractivity contribution in [3.8, 4) is 5.75 Å². The van der Waals surface area contributed by atoms with E-state index in [4.69, 9.17) is 10.5 Å².